The van der Waals surface area contributed by atoms with E-state index in [1.54, 1.807) is 0 Å². The third-order valence-corrected chi connectivity index (χ3v) is 3.10. The minimum Gasteiger partial charge on any atom is -0.392 e. The Bertz CT molecular complexity index is 315. The molecule has 1 aromatic rings. The molecule has 0 heterocycles. The Morgan fingerprint density at radius 2 is 2.00 bits per heavy atom. The van der Waals surface area contributed by atoms with Crippen molar-refractivity contribution in [3.8, 4) is 0 Å². The molecule has 0 aliphatic heterocycles. The summed E-state index contributed by atoms with van der Waals surface area (Å²) in [7, 11) is 0. The lowest BCUT2D eigenvalue weighted by Gasteiger charge is -2.13. The molecule has 1 heteroatoms. The van der Waals surface area contributed by atoms with Crippen LogP contribution in [0.5, 0.6) is 0 Å². The Morgan fingerprint density at radius 3 is 2.67 bits per heavy atom. The van der Waals surface area contributed by atoms with Crippen molar-refractivity contribution in [3.05, 3.63) is 48.0 Å². The first-order valence-electron chi connectivity index (χ1n) is 5.75. The summed E-state index contributed by atoms with van der Waals surface area (Å²) in [6, 6.07) is 10.5. The Kier molecular flexibility index (Phi) is 3.57. The Morgan fingerprint density at radius 1 is 1.20 bits per heavy atom. The van der Waals surface area contributed by atoms with Crippen molar-refractivity contribution in [2.24, 2.45) is 5.92 Å². The van der Waals surface area contributed by atoms with Crippen LogP contribution in [0, 0.1) is 5.92 Å². The fourth-order valence-electron chi connectivity index (χ4n) is 2.17. The van der Waals surface area contributed by atoms with Crippen LogP contribution in [-0.4, -0.2) is 11.2 Å². The molecular weight excluding hydrogens is 184 g/mol. The summed E-state index contributed by atoms with van der Waals surface area (Å²) in [4.78, 5) is 0. The highest BCUT2D eigenvalue weighted by Gasteiger charge is 2.19. The quantitative estimate of drug-likeness (QED) is 0.744. The lowest BCUT2D eigenvalue weighted by atomic mass is 9.97. The maximum Gasteiger partial charge on any atom is 0.0637 e. The summed E-state index contributed by atoms with van der Waals surface area (Å²) >= 11 is 0. The van der Waals surface area contributed by atoms with Gasteiger partial charge in [0.1, 0.15) is 0 Å². The zero-order valence-corrected chi connectivity index (χ0v) is 8.97. The van der Waals surface area contributed by atoms with Crippen LogP contribution in [0.1, 0.15) is 24.8 Å². The Balaban J connectivity index is 1.73. The fourth-order valence-corrected chi connectivity index (χ4v) is 2.17. The molecule has 80 valence electrons. The molecule has 0 fully saturated rings. The van der Waals surface area contributed by atoms with Crippen LogP contribution in [0.15, 0.2) is 42.5 Å². The normalized spacial score (nSPS) is 24.6. The van der Waals surface area contributed by atoms with Crippen LogP contribution in [-0.2, 0) is 6.42 Å². The van der Waals surface area contributed by atoms with Gasteiger partial charge in [0.2, 0.25) is 0 Å². The molecular formula is C14H18O. The maximum atomic E-state index is 9.62. The second-order valence-corrected chi connectivity index (χ2v) is 4.27. The van der Waals surface area contributed by atoms with Crippen molar-refractivity contribution < 1.29 is 5.11 Å². The van der Waals surface area contributed by atoms with Crippen LogP contribution in [0.25, 0.3) is 0 Å². The minimum absolute atomic E-state index is 0.124. The van der Waals surface area contributed by atoms with Gasteiger partial charge in [-0.05, 0) is 31.2 Å². The average Bonchev–Trinajstić information content (AvgIpc) is 2.66. The van der Waals surface area contributed by atoms with E-state index in [1.807, 2.05) is 6.07 Å². The van der Waals surface area contributed by atoms with Gasteiger partial charge < -0.3 is 5.11 Å². The molecule has 0 aromatic heterocycles. The van der Waals surface area contributed by atoms with E-state index in [1.165, 1.54) is 5.56 Å². The van der Waals surface area contributed by atoms with Crippen LogP contribution in [0.4, 0.5) is 0 Å². The second kappa shape index (κ2) is 5.13. The van der Waals surface area contributed by atoms with E-state index in [-0.39, 0.29) is 6.10 Å². The van der Waals surface area contributed by atoms with Gasteiger partial charge in [-0.2, -0.15) is 0 Å². The molecule has 1 N–H and O–H groups in total. The summed E-state index contributed by atoms with van der Waals surface area (Å²) in [5, 5.41) is 9.62. The number of hydrogen-bond donors (Lipinski definition) is 1. The average molecular weight is 202 g/mol. The molecule has 0 radical (unpaired) electrons. The van der Waals surface area contributed by atoms with Crippen LogP contribution in [0.2, 0.25) is 0 Å². The highest BCUT2D eigenvalue weighted by Crippen LogP contribution is 2.23. The van der Waals surface area contributed by atoms with Crippen molar-refractivity contribution in [3.63, 3.8) is 0 Å². The van der Waals surface area contributed by atoms with Gasteiger partial charge in [-0.1, -0.05) is 42.5 Å². The molecule has 0 saturated carbocycles. The number of hydrogen-bond acceptors (Lipinski definition) is 1. The highest BCUT2D eigenvalue weighted by molar-refractivity contribution is 5.14. The number of rotatable bonds is 4. The van der Waals surface area contributed by atoms with Crippen molar-refractivity contribution in [1.82, 2.24) is 0 Å². The number of aliphatic hydroxyl groups excluding tert-OH is 1. The molecule has 1 nitrogen and oxygen atoms in total. The maximum absolute atomic E-state index is 9.62. The van der Waals surface area contributed by atoms with E-state index in [0.29, 0.717) is 5.92 Å². The molecule has 0 bridgehead atoms. The van der Waals surface area contributed by atoms with Gasteiger partial charge in [0.15, 0.2) is 0 Å². The lowest BCUT2D eigenvalue weighted by molar-refractivity contribution is 0.138. The molecule has 0 unspecified atom stereocenters. The van der Waals surface area contributed by atoms with Gasteiger partial charge in [-0.15, -0.1) is 0 Å². The Hall–Kier alpha value is -1.08. The lowest BCUT2D eigenvalue weighted by Crippen LogP contribution is -2.13. The van der Waals surface area contributed by atoms with Crippen molar-refractivity contribution in [2.45, 2.75) is 31.8 Å². The summed E-state index contributed by atoms with van der Waals surface area (Å²) in [6.07, 6.45) is 8.37. The summed E-state index contributed by atoms with van der Waals surface area (Å²) in [5.74, 6) is 0.397. The molecule has 0 amide bonds. The fraction of sp³-hybridized carbons (Fsp3) is 0.429. The van der Waals surface area contributed by atoms with Gasteiger partial charge in [-0.25, -0.2) is 0 Å². The number of aryl methyl sites for hydroxylation is 1. The molecule has 0 spiro atoms. The van der Waals surface area contributed by atoms with Crippen molar-refractivity contribution >= 4 is 0 Å². The van der Waals surface area contributed by atoms with Crippen LogP contribution < -0.4 is 0 Å². The number of aliphatic hydroxyl groups is 1. The summed E-state index contributed by atoms with van der Waals surface area (Å²) in [6.45, 7) is 0. The monoisotopic (exact) mass is 202 g/mol. The minimum atomic E-state index is -0.124. The molecule has 1 aliphatic rings. The Labute approximate surface area is 91.4 Å². The van der Waals surface area contributed by atoms with Gasteiger partial charge in [0.05, 0.1) is 6.10 Å². The van der Waals surface area contributed by atoms with E-state index in [4.69, 9.17) is 0 Å². The highest BCUT2D eigenvalue weighted by atomic mass is 16.3. The molecule has 1 aromatic carbocycles. The molecule has 1 aliphatic carbocycles. The first-order chi connectivity index (χ1) is 7.36. The summed E-state index contributed by atoms with van der Waals surface area (Å²) in [5.41, 5.74) is 1.40. The molecule has 2 rings (SSSR count). The molecule has 0 saturated heterocycles. The van der Waals surface area contributed by atoms with E-state index in [9.17, 15) is 5.11 Å². The van der Waals surface area contributed by atoms with Crippen molar-refractivity contribution in [2.75, 3.05) is 0 Å². The SMILES string of the molecule is O[C@H]1CC=C[C@@H]1CCCc1ccccc1. The largest absolute Gasteiger partial charge is 0.392 e. The second-order valence-electron chi connectivity index (χ2n) is 4.27. The third-order valence-electron chi connectivity index (χ3n) is 3.10. The van der Waals surface area contributed by atoms with E-state index < -0.39 is 0 Å². The van der Waals surface area contributed by atoms with E-state index >= 15 is 0 Å². The van der Waals surface area contributed by atoms with Crippen molar-refractivity contribution in [1.29, 1.82) is 0 Å². The van der Waals surface area contributed by atoms with Gasteiger partial charge in [-0.3, -0.25) is 0 Å². The number of benzene rings is 1. The first-order valence-corrected chi connectivity index (χ1v) is 5.75. The smallest absolute Gasteiger partial charge is 0.0637 e. The van der Waals surface area contributed by atoms with E-state index in [0.717, 1.165) is 25.7 Å². The topological polar surface area (TPSA) is 20.2 Å². The van der Waals surface area contributed by atoms with Gasteiger partial charge in [0.25, 0.3) is 0 Å². The van der Waals surface area contributed by atoms with Crippen LogP contribution in [0.3, 0.4) is 0 Å². The zero-order chi connectivity index (χ0) is 10.5. The predicted octanol–water partition coefficient (Wildman–Crippen LogP) is 2.95. The molecule has 15 heavy (non-hydrogen) atoms. The first kappa shape index (κ1) is 10.4. The van der Waals surface area contributed by atoms with Crippen LogP contribution >= 0.6 is 0 Å². The standard InChI is InChI=1S/C14H18O/c15-14-11-5-10-13(14)9-4-8-12-6-2-1-3-7-12/h1-3,5-7,10,13-15H,4,8-9,11H2/t13-,14-/m0/s1. The van der Waals surface area contributed by atoms with Gasteiger partial charge >= 0.3 is 0 Å². The predicted molar refractivity (Wildman–Crippen MR) is 62.6 cm³/mol. The van der Waals surface area contributed by atoms with Gasteiger partial charge in [0, 0.05) is 5.92 Å². The summed E-state index contributed by atoms with van der Waals surface area (Å²) < 4.78 is 0. The zero-order valence-electron chi connectivity index (χ0n) is 8.97. The van der Waals surface area contributed by atoms with E-state index in [2.05, 4.69) is 36.4 Å². The third kappa shape index (κ3) is 2.93. The molecule has 2 atom stereocenters.